The number of carbonyl (C=O) groups is 1. The van der Waals surface area contributed by atoms with Crippen molar-refractivity contribution in [3.05, 3.63) is 57.8 Å². The van der Waals surface area contributed by atoms with Gasteiger partial charge in [0.25, 0.3) is 0 Å². The van der Waals surface area contributed by atoms with Crippen molar-refractivity contribution >= 4 is 39.6 Å². The Morgan fingerprint density at radius 2 is 2.00 bits per heavy atom. The summed E-state index contributed by atoms with van der Waals surface area (Å²) in [5.41, 5.74) is 1.63. The Morgan fingerprint density at radius 1 is 1.24 bits per heavy atom. The Morgan fingerprint density at radius 3 is 2.71 bits per heavy atom. The highest BCUT2D eigenvalue weighted by molar-refractivity contribution is 14.1. The summed E-state index contributed by atoms with van der Waals surface area (Å²) in [5, 5.41) is 13.8. The number of halogens is 1. The van der Waals surface area contributed by atoms with E-state index in [1.807, 2.05) is 59.0 Å². The van der Waals surface area contributed by atoms with Gasteiger partial charge < -0.3 is 9.84 Å². The summed E-state index contributed by atoms with van der Waals surface area (Å²) in [4.78, 5) is 11.1. The molecule has 5 nitrogen and oxygen atoms in total. The molecule has 0 aliphatic heterocycles. The van der Waals surface area contributed by atoms with E-state index >= 15 is 0 Å². The van der Waals surface area contributed by atoms with Crippen LogP contribution in [0.25, 0.3) is 10.9 Å². The van der Waals surface area contributed by atoms with Gasteiger partial charge in [0.15, 0.2) is 0 Å². The first-order chi connectivity index (χ1) is 10.1. The summed E-state index contributed by atoms with van der Waals surface area (Å²) in [6, 6.07) is 15.1. The first-order valence-electron chi connectivity index (χ1n) is 6.23. The number of ether oxygens (including phenoxy) is 1. The van der Waals surface area contributed by atoms with Crippen LogP contribution in [-0.4, -0.2) is 21.0 Å². The lowest BCUT2D eigenvalue weighted by Crippen LogP contribution is -2.09. The molecule has 1 aromatic heterocycles. The number of rotatable bonds is 3. The van der Waals surface area contributed by atoms with Gasteiger partial charge in [-0.05, 0) is 46.4 Å². The molecule has 0 amide bonds. The number of benzene rings is 2. The molecule has 106 valence electrons. The maximum Gasteiger partial charge on any atom is 0.432 e. The summed E-state index contributed by atoms with van der Waals surface area (Å²) in [6.07, 6.45) is -1.10. The molecule has 0 aliphatic carbocycles. The molecule has 3 rings (SSSR count). The van der Waals surface area contributed by atoms with Gasteiger partial charge in [-0.15, -0.1) is 0 Å². The Kier molecular flexibility index (Phi) is 3.78. The molecule has 1 N–H and O–H groups in total. The van der Waals surface area contributed by atoms with Gasteiger partial charge in [-0.1, -0.05) is 30.3 Å². The van der Waals surface area contributed by atoms with Gasteiger partial charge in [0, 0.05) is 5.39 Å². The Labute approximate surface area is 134 Å². The minimum atomic E-state index is -1.10. The van der Waals surface area contributed by atoms with Crippen LogP contribution in [0.3, 0.4) is 0 Å². The predicted molar refractivity (Wildman–Crippen MR) is 86.6 cm³/mol. The van der Waals surface area contributed by atoms with Gasteiger partial charge in [-0.2, -0.15) is 9.78 Å². The van der Waals surface area contributed by atoms with Gasteiger partial charge in [-0.25, -0.2) is 4.79 Å². The van der Waals surface area contributed by atoms with E-state index in [2.05, 4.69) is 5.10 Å². The van der Waals surface area contributed by atoms with E-state index < -0.39 is 6.09 Å². The van der Waals surface area contributed by atoms with E-state index in [1.54, 1.807) is 12.1 Å². The number of hydrogen-bond acceptors (Lipinski definition) is 3. The molecule has 0 spiro atoms. The summed E-state index contributed by atoms with van der Waals surface area (Å²) < 4.78 is 7.34. The lowest BCUT2D eigenvalue weighted by atomic mass is 10.2. The molecule has 0 unspecified atom stereocenters. The normalized spacial score (nSPS) is 10.7. The molecule has 0 radical (unpaired) electrons. The van der Waals surface area contributed by atoms with Crippen LogP contribution < -0.4 is 4.74 Å². The molecule has 0 saturated heterocycles. The van der Waals surface area contributed by atoms with Crippen molar-refractivity contribution in [2.24, 2.45) is 0 Å². The fourth-order valence-corrected chi connectivity index (χ4v) is 2.68. The Hall–Kier alpha value is -2.09. The summed E-state index contributed by atoms with van der Waals surface area (Å²) in [5.74, 6) is 0.689. The second-order valence-corrected chi connectivity index (χ2v) is 5.46. The van der Waals surface area contributed by atoms with Crippen LogP contribution in [0.15, 0.2) is 48.5 Å². The van der Waals surface area contributed by atoms with E-state index in [4.69, 9.17) is 9.84 Å². The van der Waals surface area contributed by atoms with Crippen LogP contribution in [-0.2, 0) is 6.61 Å². The SMILES string of the molecule is O=C(O)n1nc(I)c2cc(OCc3ccccc3)ccc21. The zero-order valence-electron chi connectivity index (χ0n) is 10.9. The summed E-state index contributed by atoms with van der Waals surface area (Å²) in [7, 11) is 0. The minimum absolute atomic E-state index is 0.468. The van der Waals surface area contributed by atoms with Crippen LogP contribution in [0.2, 0.25) is 0 Å². The van der Waals surface area contributed by atoms with Crippen LogP contribution in [0.1, 0.15) is 5.56 Å². The zero-order valence-corrected chi connectivity index (χ0v) is 13.0. The lowest BCUT2D eigenvalue weighted by Gasteiger charge is -2.06. The molecule has 0 fully saturated rings. The number of fused-ring (bicyclic) bond motifs is 1. The molecule has 6 heteroatoms. The molecule has 2 aromatic carbocycles. The molecule has 0 atom stereocenters. The largest absolute Gasteiger partial charge is 0.489 e. The molecule has 1 heterocycles. The van der Waals surface area contributed by atoms with Crippen molar-refractivity contribution in [1.82, 2.24) is 9.78 Å². The van der Waals surface area contributed by atoms with Crippen LogP contribution >= 0.6 is 22.6 Å². The van der Waals surface area contributed by atoms with Gasteiger partial charge in [-0.3, -0.25) is 0 Å². The Bertz CT molecular complexity index is 799. The minimum Gasteiger partial charge on any atom is -0.489 e. The number of hydrogen-bond donors (Lipinski definition) is 1. The zero-order chi connectivity index (χ0) is 14.8. The molecule has 0 bridgehead atoms. The molecule has 0 aliphatic rings. The maximum atomic E-state index is 11.1. The molecule has 0 saturated carbocycles. The smallest absolute Gasteiger partial charge is 0.432 e. The second kappa shape index (κ2) is 5.72. The van der Waals surface area contributed by atoms with Gasteiger partial charge >= 0.3 is 6.09 Å². The van der Waals surface area contributed by atoms with Crippen LogP contribution in [0, 0.1) is 3.70 Å². The number of nitrogens with zero attached hydrogens (tertiary/aromatic N) is 2. The Balaban J connectivity index is 1.88. The van der Waals surface area contributed by atoms with Crippen LogP contribution in [0.5, 0.6) is 5.75 Å². The highest BCUT2D eigenvalue weighted by Gasteiger charge is 2.13. The van der Waals surface area contributed by atoms with E-state index in [9.17, 15) is 4.79 Å². The van der Waals surface area contributed by atoms with Crippen LogP contribution in [0.4, 0.5) is 4.79 Å². The fraction of sp³-hybridized carbons (Fsp3) is 0.0667. The van der Waals surface area contributed by atoms with E-state index in [1.165, 1.54) is 0 Å². The summed E-state index contributed by atoms with van der Waals surface area (Å²) in [6.45, 7) is 0.468. The first-order valence-corrected chi connectivity index (χ1v) is 7.31. The topological polar surface area (TPSA) is 64.3 Å². The van der Waals surface area contributed by atoms with Crippen molar-refractivity contribution in [3.8, 4) is 5.75 Å². The average molecular weight is 394 g/mol. The van der Waals surface area contributed by atoms with Crippen molar-refractivity contribution in [1.29, 1.82) is 0 Å². The van der Waals surface area contributed by atoms with E-state index in [0.29, 0.717) is 21.6 Å². The van der Waals surface area contributed by atoms with Crippen molar-refractivity contribution in [2.45, 2.75) is 6.61 Å². The first kappa shape index (κ1) is 13.9. The van der Waals surface area contributed by atoms with Crippen molar-refractivity contribution in [2.75, 3.05) is 0 Å². The third-order valence-corrected chi connectivity index (χ3v) is 3.83. The molecule has 21 heavy (non-hydrogen) atoms. The van der Waals surface area contributed by atoms with Crippen molar-refractivity contribution < 1.29 is 14.6 Å². The lowest BCUT2D eigenvalue weighted by molar-refractivity contribution is 0.194. The highest BCUT2D eigenvalue weighted by atomic mass is 127. The second-order valence-electron chi connectivity index (χ2n) is 4.44. The predicted octanol–water partition coefficient (Wildman–Crippen LogP) is 3.75. The molecular formula is C15H11IN2O3. The quantitative estimate of drug-likeness (QED) is 0.688. The fourth-order valence-electron chi connectivity index (χ4n) is 2.04. The van der Waals surface area contributed by atoms with E-state index in [-0.39, 0.29) is 0 Å². The third kappa shape index (κ3) is 2.85. The highest BCUT2D eigenvalue weighted by Crippen LogP contribution is 2.25. The third-order valence-electron chi connectivity index (χ3n) is 3.04. The van der Waals surface area contributed by atoms with Crippen molar-refractivity contribution in [3.63, 3.8) is 0 Å². The van der Waals surface area contributed by atoms with Gasteiger partial charge in [0.05, 0.1) is 5.52 Å². The standard InChI is InChI=1S/C15H11IN2O3/c16-14-12-8-11(21-9-10-4-2-1-3-5-10)6-7-13(12)18(17-14)15(19)20/h1-8H,9H2,(H,19,20). The maximum absolute atomic E-state index is 11.1. The number of carboxylic acid groups (broad SMARTS) is 1. The van der Waals surface area contributed by atoms with Gasteiger partial charge in [0.1, 0.15) is 16.1 Å². The monoisotopic (exact) mass is 394 g/mol. The van der Waals surface area contributed by atoms with E-state index in [0.717, 1.165) is 15.6 Å². The average Bonchev–Trinajstić information content (AvgIpc) is 2.83. The number of aromatic nitrogens is 2. The molecular weight excluding hydrogens is 383 g/mol. The van der Waals surface area contributed by atoms with Gasteiger partial charge in [0.2, 0.25) is 0 Å². The molecule has 3 aromatic rings. The summed E-state index contributed by atoms with van der Waals surface area (Å²) >= 11 is 2.02.